The average Bonchev–Trinajstić information content (AvgIpc) is 2.94. The summed E-state index contributed by atoms with van der Waals surface area (Å²) in [7, 11) is 0. The van der Waals surface area contributed by atoms with Gasteiger partial charge >= 0.3 is 5.63 Å². The van der Waals surface area contributed by atoms with Gasteiger partial charge in [0.05, 0.1) is 24.1 Å². The normalized spacial score (nSPS) is 51.8. The van der Waals surface area contributed by atoms with Crippen molar-refractivity contribution in [2.75, 3.05) is 0 Å². The Kier molecular flexibility index (Phi) is 4.37. The van der Waals surface area contributed by atoms with Crippen LogP contribution in [0.25, 0.3) is 0 Å². The summed E-state index contributed by atoms with van der Waals surface area (Å²) in [5.74, 6) is 0.662. The van der Waals surface area contributed by atoms with Gasteiger partial charge in [0.1, 0.15) is 0 Å². The van der Waals surface area contributed by atoms with Gasteiger partial charge in [0.25, 0.3) is 0 Å². The molecule has 4 fully saturated rings. The molecule has 0 saturated heterocycles. The van der Waals surface area contributed by atoms with Crippen molar-refractivity contribution in [3.63, 3.8) is 0 Å². The van der Waals surface area contributed by atoms with Crippen molar-refractivity contribution in [2.45, 2.75) is 88.9 Å². The van der Waals surface area contributed by atoms with Crippen LogP contribution in [0.2, 0.25) is 0 Å². The molecule has 160 valence electrons. The van der Waals surface area contributed by atoms with Crippen LogP contribution in [0.4, 0.5) is 0 Å². The lowest BCUT2D eigenvalue weighted by atomic mass is 9.42. The van der Waals surface area contributed by atoms with Crippen LogP contribution in [0.1, 0.15) is 76.7 Å². The Morgan fingerprint density at radius 3 is 2.59 bits per heavy atom. The Morgan fingerprint density at radius 1 is 1.07 bits per heavy atom. The predicted octanol–water partition coefficient (Wildman–Crippen LogP) is 3.21. The number of hydrogen-bond acceptors (Lipinski definition) is 5. The van der Waals surface area contributed by atoms with Gasteiger partial charge in [-0.3, -0.25) is 0 Å². The summed E-state index contributed by atoms with van der Waals surface area (Å²) in [6, 6.07) is 3.28. The minimum atomic E-state index is -0.818. The summed E-state index contributed by atoms with van der Waals surface area (Å²) in [6.45, 7) is 4.43. The van der Waals surface area contributed by atoms with Crippen LogP contribution < -0.4 is 5.63 Å². The highest BCUT2D eigenvalue weighted by atomic mass is 16.4. The molecule has 0 amide bonds. The Hall–Kier alpha value is -1.17. The van der Waals surface area contributed by atoms with Crippen LogP contribution in [0.3, 0.4) is 0 Å². The Balaban J connectivity index is 1.52. The van der Waals surface area contributed by atoms with Crippen molar-refractivity contribution in [1.29, 1.82) is 0 Å². The molecular weight excluding hydrogens is 368 g/mol. The molecular formula is C24H34O5. The second-order valence-electron chi connectivity index (χ2n) is 10.9. The van der Waals surface area contributed by atoms with Gasteiger partial charge in [-0.05, 0) is 92.1 Å². The van der Waals surface area contributed by atoms with Gasteiger partial charge in [0, 0.05) is 11.5 Å². The van der Waals surface area contributed by atoms with E-state index < -0.39 is 17.1 Å². The van der Waals surface area contributed by atoms with E-state index in [-0.39, 0.29) is 34.9 Å². The zero-order valence-electron chi connectivity index (χ0n) is 17.5. The van der Waals surface area contributed by atoms with Gasteiger partial charge < -0.3 is 19.7 Å². The van der Waals surface area contributed by atoms with E-state index in [2.05, 4.69) is 13.8 Å². The van der Waals surface area contributed by atoms with Crippen molar-refractivity contribution in [3.8, 4) is 0 Å². The Labute approximate surface area is 172 Å². The molecule has 5 heteroatoms. The van der Waals surface area contributed by atoms with Gasteiger partial charge in [-0.15, -0.1) is 0 Å². The number of fused-ring (bicyclic) bond motifs is 5. The van der Waals surface area contributed by atoms with E-state index >= 15 is 0 Å². The van der Waals surface area contributed by atoms with Crippen molar-refractivity contribution >= 4 is 0 Å². The van der Waals surface area contributed by atoms with Gasteiger partial charge in [-0.2, -0.15) is 0 Å². The van der Waals surface area contributed by atoms with Gasteiger partial charge in [-0.1, -0.05) is 13.8 Å². The minimum Gasteiger partial charge on any atom is -0.431 e. The molecule has 5 nitrogen and oxygen atoms in total. The second kappa shape index (κ2) is 6.41. The molecule has 4 aliphatic carbocycles. The average molecular weight is 403 g/mol. The van der Waals surface area contributed by atoms with Gasteiger partial charge in [-0.25, -0.2) is 4.79 Å². The van der Waals surface area contributed by atoms with E-state index in [0.29, 0.717) is 12.3 Å². The van der Waals surface area contributed by atoms with Gasteiger partial charge in [0.15, 0.2) is 0 Å². The van der Waals surface area contributed by atoms with Crippen LogP contribution in [-0.2, 0) is 0 Å². The lowest BCUT2D eigenvalue weighted by Crippen LogP contribution is -2.66. The maximum Gasteiger partial charge on any atom is 0.335 e. The molecule has 0 spiro atoms. The maximum atomic E-state index is 12.2. The molecule has 0 unspecified atom stereocenters. The van der Waals surface area contributed by atoms with Crippen molar-refractivity contribution in [3.05, 3.63) is 34.4 Å². The third-order valence-electron chi connectivity index (χ3n) is 9.89. The first kappa shape index (κ1) is 19.8. The fourth-order valence-corrected chi connectivity index (χ4v) is 8.41. The zero-order chi connectivity index (χ0) is 20.6. The molecule has 0 bridgehead atoms. The fraction of sp³-hybridized carbons (Fsp3) is 0.792. The Morgan fingerprint density at radius 2 is 1.86 bits per heavy atom. The van der Waals surface area contributed by atoms with E-state index in [9.17, 15) is 20.1 Å². The van der Waals surface area contributed by atoms with Gasteiger partial charge in [0.2, 0.25) is 0 Å². The molecule has 0 aliphatic heterocycles. The van der Waals surface area contributed by atoms with Crippen molar-refractivity contribution < 1.29 is 19.7 Å². The predicted molar refractivity (Wildman–Crippen MR) is 108 cm³/mol. The first-order valence-electron chi connectivity index (χ1n) is 11.4. The largest absolute Gasteiger partial charge is 0.431 e. The monoisotopic (exact) mass is 402 g/mol. The third kappa shape index (κ3) is 2.60. The molecule has 4 aliphatic rings. The molecule has 0 radical (unpaired) electrons. The highest BCUT2D eigenvalue weighted by molar-refractivity contribution is 5.28. The standard InChI is InChI=1S/C24H34O5/c1-22-9-7-16(25)11-15(22)4-5-18-21(22)19(26)12-23(2)17(8-10-24(18,23)28)14-3-6-20(27)29-13-14/h3,6,13,15-19,21,25-26,28H,4-5,7-12H2,1-2H3/t15-,16+,17-,18-,19-,21-,22+,23-,24-/m1/s1. The number of hydrogen-bond donors (Lipinski definition) is 3. The van der Waals surface area contributed by atoms with Crippen LogP contribution in [0, 0.1) is 28.6 Å². The summed E-state index contributed by atoms with van der Waals surface area (Å²) >= 11 is 0. The lowest BCUT2D eigenvalue weighted by Gasteiger charge is -2.65. The highest BCUT2D eigenvalue weighted by Gasteiger charge is 2.69. The molecule has 1 aromatic heterocycles. The first-order valence-corrected chi connectivity index (χ1v) is 11.4. The lowest BCUT2D eigenvalue weighted by molar-refractivity contribution is -0.239. The molecule has 0 aromatic carbocycles. The molecule has 4 saturated carbocycles. The van der Waals surface area contributed by atoms with E-state index in [4.69, 9.17) is 4.42 Å². The smallest absolute Gasteiger partial charge is 0.335 e. The third-order valence-corrected chi connectivity index (χ3v) is 9.89. The number of aliphatic hydroxyl groups is 3. The van der Waals surface area contributed by atoms with Crippen LogP contribution >= 0.6 is 0 Å². The van der Waals surface area contributed by atoms with Crippen LogP contribution in [0.5, 0.6) is 0 Å². The summed E-state index contributed by atoms with van der Waals surface area (Å²) in [5, 5.41) is 33.8. The summed E-state index contributed by atoms with van der Waals surface area (Å²) < 4.78 is 5.14. The SMILES string of the molecule is C[C@]12CC[C@H](O)C[C@H]1CC[C@@H]1[C@@H]2[C@H](O)C[C@]2(C)[C@@H](c3ccc(=O)oc3)CC[C@@]12O. The molecule has 5 rings (SSSR count). The van der Waals surface area contributed by atoms with E-state index in [1.165, 1.54) is 6.07 Å². The van der Waals surface area contributed by atoms with E-state index in [0.717, 1.165) is 50.5 Å². The number of rotatable bonds is 1. The number of aliphatic hydroxyl groups excluding tert-OH is 2. The maximum absolute atomic E-state index is 12.2. The Bertz CT molecular complexity index is 829. The molecule has 9 atom stereocenters. The second-order valence-corrected chi connectivity index (χ2v) is 10.9. The van der Waals surface area contributed by atoms with E-state index in [1.807, 2.05) is 6.07 Å². The van der Waals surface area contributed by atoms with E-state index in [1.54, 1.807) is 6.26 Å². The van der Waals surface area contributed by atoms with Crippen LogP contribution in [0.15, 0.2) is 27.6 Å². The van der Waals surface area contributed by atoms with Crippen molar-refractivity contribution in [2.24, 2.45) is 28.6 Å². The summed E-state index contributed by atoms with van der Waals surface area (Å²) in [4.78, 5) is 11.4. The quantitative estimate of drug-likeness (QED) is 0.671. The summed E-state index contributed by atoms with van der Waals surface area (Å²) in [6.07, 6.45) is 7.49. The fourth-order valence-electron chi connectivity index (χ4n) is 8.41. The summed E-state index contributed by atoms with van der Waals surface area (Å²) in [5.41, 5.74) is -0.681. The first-order chi connectivity index (χ1) is 13.7. The topological polar surface area (TPSA) is 90.9 Å². The highest BCUT2D eigenvalue weighted by Crippen LogP contribution is 2.70. The van der Waals surface area contributed by atoms with Crippen molar-refractivity contribution in [1.82, 2.24) is 0 Å². The molecule has 1 aromatic rings. The zero-order valence-corrected chi connectivity index (χ0v) is 17.5. The molecule has 3 N–H and O–H groups in total. The molecule has 1 heterocycles. The molecule has 29 heavy (non-hydrogen) atoms. The minimum absolute atomic E-state index is 0.0176. The van der Waals surface area contributed by atoms with Crippen LogP contribution in [-0.4, -0.2) is 33.1 Å².